The van der Waals surface area contributed by atoms with Gasteiger partial charge in [-0.15, -0.1) is 0 Å². The quantitative estimate of drug-likeness (QED) is 0.440. The van der Waals surface area contributed by atoms with E-state index in [0.717, 1.165) is 11.1 Å². The van der Waals surface area contributed by atoms with Gasteiger partial charge in [-0.25, -0.2) is 0 Å². The second kappa shape index (κ2) is 12.2. The fourth-order valence-corrected chi connectivity index (χ4v) is 3.91. The maximum atomic E-state index is 12.7. The molecule has 0 aliphatic rings. The van der Waals surface area contributed by atoms with Crippen LogP contribution >= 0.6 is 22.9 Å². The van der Waals surface area contributed by atoms with E-state index in [9.17, 15) is 14.7 Å². The van der Waals surface area contributed by atoms with Gasteiger partial charge in [0.05, 0.1) is 6.61 Å². The number of carbonyl (C=O) groups is 2. The van der Waals surface area contributed by atoms with E-state index in [-0.39, 0.29) is 37.9 Å². The fraction of sp³-hybridized carbons (Fsp3) is 0.250. The highest BCUT2D eigenvalue weighted by molar-refractivity contribution is 7.08. The van der Waals surface area contributed by atoms with Crippen LogP contribution in [0.2, 0.25) is 5.02 Å². The van der Waals surface area contributed by atoms with Crippen molar-refractivity contribution in [2.24, 2.45) is 0 Å². The molecule has 3 rings (SSSR count). The van der Waals surface area contributed by atoms with Crippen LogP contribution in [0.4, 0.5) is 0 Å². The molecule has 1 aromatic heterocycles. The van der Waals surface area contributed by atoms with Crippen LogP contribution in [0.1, 0.15) is 27.9 Å². The summed E-state index contributed by atoms with van der Waals surface area (Å²) in [6, 6.07) is 16.7. The van der Waals surface area contributed by atoms with Crippen molar-refractivity contribution < 1.29 is 19.4 Å². The lowest BCUT2D eigenvalue weighted by Crippen LogP contribution is -2.36. The smallest absolute Gasteiger partial charge is 0.252 e. The molecule has 0 bridgehead atoms. The number of benzene rings is 2. The van der Waals surface area contributed by atoms with Crippen LogP contribution in [0.25, 0.3) is 0 Å². The zero-order valence-corrected chi connectivity index (χ0v) is 19.1. The van der Waals surface area contributed by atoms with E-state index in [2.05, 4.69) is 5.32 Å². The van der Waals surface area contributed by atoms with Gasteiger partial charge in [0.2, 0.25) is 5.91 Å². The van der Waals surface area contributed by atoms with Crippen molar-refractivity contribution in [2.45, 2.75) is 19.6 Å². The maximum Gasteiger partial charge on any atom is 0.252 e. The van der Waals surface area contributed by atoms with Crippen LogP contribution in [0.5, 0.6) is 5.75 Å². The summed E-state index contributed by atoms with van der Waals surface area (Å²) in [7, 11) is 0. The molecule has 6 nitrogen and oxygen atoms in total. The summed E-state index contributed by atoms with van der Waals surface area (Å²) in [6.07, 6.45) is 0.151. The molecular formula is C24H25ClN2O4S. The van der Waals surface area contributed by atoms with E-state index in [1.54, 1.807) is 16.3 Å². The number of thiophene rings is 1. The van der Waals surface area contributed by atoms with Crippen LogP contribution in [0.3, 0.4) is 0 Å². The molecule has 0 saturated carbocycles. The third-order valence-electron chi connectivity index (χ3n) is 4.75. The molecule has 0 spiro atoms. The van der Waals surface area contributed by atoms with Gasteiger partial charge >= 0.3 is 0 Å². The molecule has 0 atom stereocenters. The van der Waals surface area contributed by atoms with Gasteiger partial charge in [-0.2, -0.15) is 11.3 Å². The first-order valence-corrected chi connectivity index (χ1v) is 11.5. The SMILES string of the molecule is O=C(NCCC(=O)N(CCO)Cc1cccc(OCc2ccccc2Cl)c1)c1ccsc1. The molecule has 0 aliphatic carbocycles. The molecule has 168 valence electrons. The lowest BCUT2D eigenvalue weighted by atomic mass is 10.2. The Kier molecular flexibility index (Phi) is 9.10. The average molecular weight is 473 g/mol. The Morgan fingerprint density at radius 2 is 1.97 bits per heavy atom. The van der Waals surface area contributed by atoms with E-state index >= 15 is 0 Å². The van der Waals surface area contributed by atoms with Crippen LogP contribution < -0.4 is 10.1 Å². The lowest BCUT2D eigenvalue weighted by Gasteiger charge is -2.22. The van der Waals surface area contributed by atoms with Gasteiger partial charge in [-0.05, 0) is 35.2 Å². The number of halogens is 1. The summed E-state index contributed by atoms with van der Waals surface area (Å²) in [5.74, 6) is 0.324. The van der Waals surface area contributed by atoms with Crippen LogP contribution in [-0.4, -0.2) is 41.5 Å². The Morgan fingerprint density at radius 3 is 2.72 bits per heavy atom. The Hall–Kier alpha value is -2.87. The zero-order chi connectivity index (χ0) is 22.8. The second-order valence-electron chi connectivity index (χ2n) is 7.08. The summed E-state index contributed by atoms with van der Waals surface area (Å²) in [6.45, 7) is 0.974. The number of hydrogen-bond acceptors (Lipinski definition) is 5. The number of ether oxygens (including phenoxy) is 1. The largest absolute Gasteiger partial charge is 0.489 e. The van der Waals surface area contributed by atoms with Crippen molar-refractivity contribution in [1.82, 2.24) is 10.2 Å². The highest BCUT2D eigenvalue weighted by atomic mass is 35.5. The topological polar surface area (TPSA) is 78.9 Å². The molecule has 1 heterocycles. The fourth-order valence-electron chi connectivity index (χ4n) is 3.08. The maximum absolute atomic E-state index is 12.7. The summed E-state index contributed by atoms with van der Waals surface area (Å²) < 4.78 is 5.86. The molecule has 32 heavy (non-hydrogen) atoms. The van der Waals surface area contributed by atoms with Gasteiger partial charge in [0.1, 0.15) is 12.4 Å². The molecule has 0 fully saturated rings. The van der Waals surface area contributed by atoms with Crippen molar-refractivity contribution in [3.05, 3.63) is 87.1 Å². The van der Waals surface area contributed by atoms with E-state index < -0.39 is 0 Å². The van der Waals surface area contributed by atoms with E-state index in [1.807, 2.05) is 53.9 Å². The number of aliphatic hydroxyl groups excluding tert-OH is 1. The minimum absolute atomic E-state index is 0.143. The van der Waals surface area contributed by atoms with Crippen molar-refractivity contribution in [3.63, 3.8) is 0 Å². The second-order valence-corrected chi connectivity index (χ2v) is 8.27. The van der Waals surface area contributed by atoms with Gasteiger partial charge in [-0.3, -0.25) is 9.59 Å². The summed E-state index contributed by atoms with van der Waals surface area (Å²) in [4.78, 5) is 26.2. The lowest BCUT2D eigenvalue weighted by molar-refractivity contribution is -0.132. The van der Waals surface area contributed by atoms with Crippen LogP contribution in [0, 0.1) is 0 Å². The van der Waals surface area contributed by atoms with Crippen molar-refractivity contribution in [3.8, 4) is 5.75 Å². The molecule has 0 aliphatic heterocycles. The minimum Gasteiger partial charge on any atom is -0.489 e. The van der Waals surface area contributed by atoms with Crippen molar-refractivity contribution in [1.29, 1.82) is 0 Å². The summed E-state index contributed by atoms with van der Waals surface area (Å²) in [5.41, 5.74) is 2.36. The van der Waals surface area contributed by atoms with Crippen molar-refractivity contribution >= 4 is 34.8 Å². The van der Waals surface area contributed by atoms with Crippen LogP contribution in [-0.2, 0) is 17.9 Å². The summed E-state index contributed by atoms with van der Waals surface area (Å²) >= 11 is 7.62. The Labute approximate surface area is 196 Å². The number of aliphatic hydroxyl groups is 1. The van der Waals surface area contributed by atoms with Gasteiger partial charge in [-0.1, -0.05) is 41.9 Å². The van der Waals surface area contributed by atoms with E-state index in [1.165, 1.54) is 11.3 Å². The first-order valence-electron chi connectivity index (χ1n) is 10.2. The number of carbonyl (C=O) groups excluding carboxylic acids is 2. The number of amides is 2. The predicted octanol–water partition coefficient (Wildman–Crippen LogP) is 4.12. The van der Waals surface area contributed by atoms with Gasteiger partial charge in [0, 0.05) is 47.6 Å². The molecular weight excluding hydrogens is 448 g/mol. The number of hydrogen-bond donors (Lipinski definition) is 2. The third-order valence-corrected chi connectivity index (χ3v) is 5.81. The Morgan fingerprint density at radius 1 is 1.12 bits per heavy atom. The number of nitrogens with zero attached hydrogens (tertiary/aromatic N) is 1. The molecule has 3 aromatic rings. The Bertz CT molecular complexity index is 1030. The summed E-state index contributed by atoms with van der Waals surface area (Å²) in [5, 5.41) is 16.4. The molecule has 0 unspecified atom stereocenters. The van der Waals surface area contributed by atoms with Gasteiger partial charge < -0.3 is 20.1 Å². The highest BCUT2D eigenvalue weighted by Gasteiger charge is 2.15. The Balaban J connectivity index is 1.54. The van der Waals surface area contributed by atoms with E-state index in [0.29, 0.717) is 29.5 Å². The predicted molar refractivity (Wildman–Crippen MR) is 126 cm³/mol. The number of nitrogens with one attached hydrogen (secondary N) is 1. The number of rotatable bonds is 11. The zero-order valence-electron chi connectivity index (χ0n) is 17.5. The molecule has 8 heteroatoms. The third kappa shape index (κ3) is 7.09. The molecule has 0 saturated heterocycles. The first-order chi connectivity index (χ1) is 15.6. The van der Waals surface area contributed by atoms with Gasteiger partial charge in [0.25, 0.3) is 5.91 Å². The molecule has 2 amide bonds. The minimum atomic E-state index is -0.198. The molecule has 2 aromatic carbocycles. The molecule has 0 radical (unpaired) electrons. The molecule has 2 N–H and O–H groups in total. The normalized spacial score (nSPS) is 10.6. The highest BCUT2D eigenvalue weighted by Crippen LogP contribution is 2.20. The van der Waals surface area contributed by atoms with Gasteiger partial charge in [0.15, 0.2) is 0 Å². The van der Waals surface area contributed by atoms with E-state index in [4.69, 9.17) is 16.3 Å². The standard InChI is InChI=1S/C24H25ClN2O4S/c25-22-7-2-1-5-19(22)16-31-21-6-3-4-18(14-21)15-27(11-12-28)23(29)8-10-26-24(30)20-9-13-32-17-20/h1-7,9,13-14,17,28H,8,10-12,15-16H2,(H,26,30). The van der Waals surface area contributed by atoms with Crippen LogP contribution in [0.15, 0.2) is 65.4 Å². The first kappa shape index (κ1) is 23.8. The average Bonchev–Trinajstić information content (AvgIpc) is 3.34. The van der Waals surface area contributed by atoms with Crippen molar-refractivity contribution in [2.75, 3.05) is 19.7 Å². The monoisotopic (exact) mass is 472 g/mol.